The fraction of sp³-hybridized carbons (Fsp3) is 0. The lowest BCUT2D eigenvalue weighted by molar-refractivity contribution is 0.0701. The maximum Gasteiger partial charge on any atom is 0.379 e. The number of allylic oxidation sites excluding steroid dienone is 1. The van der Waals surface area contributed by atoms with Gasteiger partial charge in [-0.25, -0.2) is 4.79 Å². The van der Waals surface area contributed by atoms with Gasteiger partial charge in [-0.2, -0.15) is 0 Å². The first-order chi connectivity index (χ1) is 12.2. The molecule has 122 valence electrons. The monoisotopic (exact) mass is 333 g/mol. The number of pyridine rings is 1. The SMILES string of the molecule is O=C(Oc1ccc2c(c1)O/C(=C\c1ccccn1)C2=O)c1ccco1. The van der Waals surface area contributed by atoms with Gasteiger partial charge in [-0.15, -0.1) is 0 Å². The summed E-state index contributed by atoms with van der Waals surface area (Å²) in [7, 11) is 0. The van der Waals surface area contributed by atoms with E-state index in [4.69, 9.17) is 13.9 Å². The first-order valence-corrected chi connectivity index (χ1v) is 7.46. The Morgan fingerprint density at radius 1 is 1.12 bits per heavy atom. The summed E-state index contributed by atoms with van der Waals surface area (Å²) in [6.45, 7) is 0. The standard InChI is InChI=1S/C19H11NO5/c21-18-14-7-6-13(24-19(22)15-5-3-9-23-15)11-16(14)25-17(18)10-12-4-1-2-8-20-12/h1-11H/b17-10-. The van der Waals surface area contributed by atoms with Gasteiger partial charge in [-0.05, 0) is 36.4 Å². The van der Waals surface area contributed by atoms with Crippen molar-refractivity contribution in [1.29, 1.82) is 0 Å². The van der Waals surface area contributed by atoms with Crippen LogP contribution in [0.4, 0.5) is 0 Å². The summed E-state index contributed by atoms with van der Waals surface area (Å²) in [4.78, 5) is 28.4. The highest BCUT2D eigenvalue weighted by molar-refractivity contribution is 6.14. The average molecular weight is 333 g/mol. The van der Waals surface area contributed by atoms with Gasteiger partial charge in [-0.1, -0.05) is 6.07 Å². The molecule has 0 atom stereocenters. The third-order valence-electron chi connectivity index (χ3n) is 3.54. The van der Waals surface area contributed by atoms with E-state index in [0.717, 1.165) is 0 Å². The minimum atomic E-state index is -0.626. The molecule has 4 rings (SSSR count). The van der Waals surface area contributed by atoms with Gasteiger partial charge < -0.3 is 13.9 Å². The van der Waals surface area contributed by atoms with Gasteiger partial charge in [0.2, 0.25) is 11.5 Å². The number of furan rings is 1. The lowest BCUT2D eigenvalue weighted by Gasteiger charge is -2.03. The zero-order valence-electron chi connectivity index (χ0n) is 12.8. The number of nitrogens with zero attached hydrogens (tertiary/aromatic N) is 1. The first-order valence-electron chi connectivity index (χ1n) is 7.46. The van der Waals surface area contributed by atoms with Crippen molar-refractivity contribution < 1.29 is 23.5 Å². The third-order valence-corrected chi connectivity index (χ3v) is 3.54. The number of Topliss-reactive ketones (excluding diaryl/α,β-unsaturated/α-hetero) is 1. The molecule has 6 nitrogen and oxygen atoms in total. The zero-order chi connectivity index (χ0) is 17.2. The number of hydrogen-bond donors (Lipinski definition) is 0. The Bertz CT molecular complexity index is 974. The van der Waals surface area contributed by atoms with E-state index in [2.05, 4.69) is 4.98 Å². The number of hydrogen-bond acceptors (Lipinski definition) is 6. The second-order valence-electron chi connectivity index (χ2n) is 5.22. The molecule has 0 bridgehead atoms. The molecular formula is C19H11NO5. The Morgan fingerprint density at radius 3 is 2.80 bits per heavy atom. The molecule has 0 amide bonds. The maximum absolute atomic E-state index is 12.4. The second kappa shape index (κ2) is 6.09. The van der Waals surface area contributed by atoms with E-state index >= 15 is 0 Å². The number of fused-ring (bicyclic) bond motifs is 1. The largest absolute Gasteiger partial charge is 0.457 e. The van der Waals surface area contributed by atoms with Crippen LogP contribution in [0.5, 0.6) is 11.5 Å². The number of ketones is 1. The number of aromatic nitrogens is 1. The Labute approximate surface area is 142 Å². The summed E-state index contributed by atoms with van der Waals surface area (Å²) in [5.74, 6) is -0.0245. The van der Waals surface area contributed by atoms with Crippen LogP contribution in [-0.4, -0.2) is 16.7 Å². The molecule has 2 aromatic heterocycles. The summed E-state index contributed by atoms with van der Waals surface area (Å²) in [6.07, 6.45) is 4.58. The first kappa shape index (κ1) is 14.9. The highest BCUT2D eigenvalue weighted by Gasteiger charge is 2.28. The van der Waals surface area contributed by atoms with Crippen LogP contribution in [0, 0.1) is 0 Å². The summed E-state index contributed by atoms with van der Waals surface area (Å²) in [5, 5.41) is 0. The van der Waals surface area contributed by atoms with Gasteiger partial charge in [0, 0.05) is 18.3 Å². The zero-order valence-corrected chi connectivity index (χ0v) is 12.8. The van der Waals surface area contributed by atoms with Gasteiger partial charge >= 0.3 is 5.97 Å². The van der Waals surface area contributed by atoms with E-state index in [1.807, 2.05) is 6.07 Å². The van der Waals surface area contributed by atoms with Gasteiger partial charge in [0.25, 0.3) is 0 Å². The summed E-state index contributed by atoms with van der Waals surface area (Å²) in [5.41, 5.74) is 1.02. The molecule has 0 unspecified atom stereocenters. The number of benzene rings is 1. The summed E-state index contributed by atoms with van der Waals surface area (Å²) >= 11 is 0. The normalized spacial score (nSPS) is 14.2. The number of carbonyl (C=O) groups excluding carboxylic acids is 2. The van der Waals surface area contributed by atoms with Gasteiger partial charge in [0.15, 0.2) is 5.76 Å². The molecule has 1 aliphatic rings. The van der Waals surface area contributed by atoms with E-state index in [1.165, 1.54) is 24.5 Å². The molecule has 1 aromatic carbocycles. The van der Waals surface area contributed by atoms with Crippen molar-refractivity contribution in [3.05, 3.63) is 83.8 Å². The van der Waals surface area contributed by atoms with E-state index in [0.29, 0.717) is 17.0 Å². The topological polar surface area (TPSA) is 78.6 Å². The van der Waals surface area contributed by atoms with Crippen molar-refractivity contribution >= 4 is 17.8 Å². The lowest BCUT2D eigenvalue weighted by Crippen LogP contribution is -2.07. The average Bonchev–Trinajstić information content (AvgIpc) is 3.25. The van der Waals surface area contributed by atoms with Crippen LogP contribution < -0.4 is 9.47 Å². The Morgan fingerprint density at radius 2 is 2.04 bits per heavy atom. The minimum absolute atomic E-state index is 0.0910. The predicted octanol–water partition coefficient (Wildman–Crippen LogP) is 3.51. The van der Waals surface area contributed by atoms with Crippen molar-refractivity contribution in [2.75, 3.05) is 0 Å². The molecule has 0 saturated heterocycles. The van der Waals surface area contributed by atoms with Crippen molar-refractivity contribution in [3.8, 4) is 11.5 Å². The minimum Gasteiger partial charge on any atom is -0.457 e. The van der Waals surface area contributed by atoms with E-state index in [9.17, 15) is 9.59 Å². The molecule has 0 aliphatic carbocycles. The van der Waals surface area contributed by atoms with Crippen LogP contribution in [0.1, 0.15) is 26.6 Å². The predicted molar refractivity (Wildman–Crippen MR) is 87.3 cm³/mol. The molecule has 0 radical (unpaired) electrons. The molecule has 0 N–H and O–H groups in total. The molecule has 3 aromatic rings. The van der Waals surface area contributed by atoms with Crippen LogP contribution >= 0.6 is 0 Å². The van der Waals surface area contributed by atoms with Crippen LogP contribution in [0.25, 0.3) is 6.08 Å². The molecule has 6 heteroatoms. The molecular weight excluding hydrogens is 322 g/mol. The van der Waals surface area contributed by atoms with Crippen LogP contribution in [0.15, 0.2) is 71.2 Å². The van der Waals surface area contributed by atoms with Crippen LogP contribution in [-0.2, 0) is 0 Å². The second-order valence-corrected chi connectivity index (χ2v) is 5.22. The number of rotatable bonds is 3. The smallest absolute Gasteiger partial charge is 0.379 e. The number of ether oxygens (including phenoxy) is 2. The molecule has 3 heterocycles. The molecule has 0 spiro atoms. The molecule has 1 aliphatic heterocycles. The van der Waals surface area contributed by atoms with Crippen LogP contribution in [0.2, 0.25) is 0 Å². The summed E-state index contributed by atoms with van der Waals surface area (Å²) in [6, 6.07) is 13.0. The molecule has 0 saturated carbocycles. The Kier molecular flexibility index (Phi) is 3.63. The third kappa shape index (κ3) is 2.92. The highest BCUT2D eigenvalue weighted by Crippen LogP contribution is 2.34. The van der Waals surface area contributed by atoms with Crippen molar-refractivity contribution in [2.24, 2.45) is 0 Å². The number of esters is 1. The van der Waals surface area contributed by atoms with Crippen LogP contribution in [0.3, 0.4) is 0 Å². The van der Waals surface area contributed by atoms with Gasteiger partial charge in [-0.3, -0.25) is 9.78 Å². The van der Waals surface area contributed by atoms with Gasteiger partial charge in [0.1, 0.15) is 11.5 Å². The molecule has 0 fully saturated rings. The maximum atomic E-state index is 12.4. The lowest BCUT2D eigenvalue weighted by atomic mass is 10.1. The quantitative estimate of drug-likeness (QED) is 0.415. The Balaban J connectivity index is 1.57. The van der Waals surface area contributed by atoms with Crippen molar-refractivity contribution in [2.45, 2.75) is 0 Å². The van der Waals surface area contributed by atoms with Gasteiger partial charge in [0.05, 0.1) is 17.5 Å². The Hall–Kier alpha value is -3.67. The van der Waals surface area contributed by atoms with Crippen molar-refractivity contribution in [1.82, 2.24) is 4.98 Å². The number of carbonyl (C=O) groups is 2. The fourth-order valence-electron chi connectivity index (χ4n) is 2.38. The van der Waals surface area contributed by atoms with E-state index in [-0.39, 0.29) is 23.1 Å². The molecule has 25 heavy (non-hydrogen) atoms. The van der Waals surface area contributed by atoms with E-state index < -0.39 is 5.97 Å². The van der Waals surface area contributed by atoms with E-state index in [1.54, 1.807) is 36.5 Å². The summed E-state index contributed by atoms with van der Waals surface area (Å²) < 4.78 is 15.8. The fourth-order valence-corrected chi connectivity index (χ4v) is 2.38. The van der Waals surface area contributed by atoms with Crippen molar-refractivity contribution in [3.63, 3.8) is 0 Å². The highest BCUT2D eigenvalue weighted by atomic mass is 16.5.